The zero-order chi connectivity index (χ0) is 18.8. The van der Waals surface area contributed by atoms with Gasteiger partial charge in [0.05, 0.1) is 12.2 Å². The molecule has 26 heavy (non-hydrogen) atoms. The minimum atomic E-state index is -0.243. The molecule has 5 heteroatoms. The summed E-state index contributed by atoms with van der Waals surface area (Å²) in [6, 6.07) is 11.1. The standard InChI is InChI=1S/C21H25N3O2/c1-3-4-5-6-7-13-26-18-10-8-9-17(14-18)15-23-21(25)19-12-11-16(2)24-20(19)22/h8-12,14H,3-4,7,13,15H2,1-2H3,(H2,22,24)(H,23,25). The monoisotopic (exact) mass is 351 g/mol. The lowest BCUT2D eigenvalue weighted by atomic mass is 10.2. The molecule has 1 amide bonds. The van der Waals surface area contributed by atoms with Crippen LogP contribution < -0.4 is 15.8 Å². The molecular formula is C21H25N3O2. The van der Waals surface area contributed by atoms with Gasteiger partial charge in [-0.3, -0.25) is 4.79 Å². The lowest BCUT2D eigenvalue weighted by molar-refractivity contribution is 0.0951. The first-order valence-electron chi connectivity index (χ1n) is 8.79. The van der Waals surface area contributed by atoms with E-state index in [1.807, 2.05) is 31.2 Å². The summed E-state index contributed by atoms with van der Waals surface area (Å²) in [5.74, 6) is 6.95. The van der Waals surface area contributed by atoms with Gasteiger partial charge in [-0.1, -0.05) is 25.0 Å². The number of unbranched alkanes of at least 4 members (excludes halogenated alkanes) is 1. The Hall–Kier alpha value is -3.00. The van der Waals surface area contributed by atoms with Crippen molar-refractivity contribution in [1.29, 1.82) is 0 Å². The molecular weight excluding hydrogens is 326 g/mol. The van der Waals surface area contributed by atoms with E-state index in [0.717, 1.165) is 29.8 Å². The number of pyridine rings is 1. The number of nitrogen functional groups attached to an aromatic ring is 1. The van der Waals surface area contributed by atoms with Gasteiger partial charge >= 0.3 is 0 Å². The van der Waals surface area contributed by atoms with Crippen molar-refractivity contribution in [3.63, 3.8) is 0 Å². The predicted molar refractivity (Wildman–Crippen MR) is 104 cm³/mol. The number of benzene rings is 1. The first kappa shape index (κ1) is 19.3. The van der Waals surface area contributed by atoms with Crippen molar-refractivity contribution >= 4 is 11.7 Å². The molecule has 0 radical (unpaired) electrons. The van der Waals surface area contributed by atoms with Crippen LogP contribution in [0.15, 0.2) is 36.4 Å². The van der Waals surface area contributed by atoms with Crippen LogP contribution in [0.1, 0.15) is 47.8 Å². The third-order valence-electron chi connectivity index (χ3n) is 3.66. The lowest BCUT2D eigenvalue weighted by Crippen LogP contribution is -2.24. The molecule has 1 aromatic carbocycles. The highest BCUT2D eigenvalue weighted by Crippen LogP contribution is 2.14. The van der Waals surface area contributed by atoms with Crippen LogP contribution in [0.2, 0.25) is 0 Å². The maximum atomic E-state index is 12.3. The molecule has 1 aromatic heterocycles. The van der Waals surface area contributed by atoms with Crippen LogP contribution in [0.4, 0.5) is 5.82 Å². The molecule has 2 aromatic rings. The van der Waals surface area contributed by atoms with Crippen molar-refractivity contribution in [3.05, 3.63) is 53.2 Å². The SMILES string of the molecule is CCCC#CCCOc1cccc(CNC(=O)c2ccc(C)nc2N)c1. The average Bonchev–Trinajstić information content (AvgIpc) is 2.63. The molecule has 0 spiro atoms. The van der Waals surface area contributed by atoms with E-state index in [1.54, 1.807) is 12.1 Å². The fourth-order valence-corrected chi connectivity index (χ4v) is 2.31. The van der Waals surface area contributed by atoms with Gasteiger partial charge in [-0.15, -0.1) is 5.92 Å². The number of hydrogen-bond donors (Lipinski definition) is 2. The topological polar surface area (TPSA) is 77.2 Å². The Bertz CT molecular complexity index is 806. The van der Waals surface area contributed by atoms with Crippen molar-refractivity contribution in [3.8, 4) is 17.6 Å². The Kier molecular flexibility index (Phi) is 7.50. The Labute approximate surface area is 155 Å². The predicted octanol–water partition coefficient (Wildman–Crippen LogP) is 3.47. The quantitative estimate of drug-likeness (QED) is 0.591. The zero-order valence-electron chi connectivity index (χ0n) is 15.3. The van der Waals surface area contributed by atoms with Crippen molar-refractivity contribution in [2.75, 3.05) is 12.3 Å². The summed E-state index contributed by atoms with van der Waals surface area (Å²) in [7, 11) is 0. The van der Waals surface area contributed by atoms with E-state index in [2.05, 4.69) is 29.1 Å². The molecule has 0 fully saturated rings. The van der Waals surface area contributed by atoms with Crippen LogP contribution in [0.25, 0.3) is 0 Å². The number of aromatic nitrogens is 1. The smallest absolute Gasteiger partial charge is 0.255 e. The number of amides is 1. The van der Waals surface area contributed by atoms with E-state index < -0.39 is 0 Å². The van der Waals surface area contributed by atoms with Crippen LogP contribution >= 0.6 is 0 Å². The van der Waals surface area contributed by atoms with Crippen molar-refractivity contribution in [2.24, 2.45) is 0 Å². The zero-order valence-corrected chi connectivity index (χ0v) is 15.3. The molecule has 0 saturated carbocycles. The Morgan fingerprint density at radius 3 is 2.81 bits per heavy atom. The van der Waals surface area contributed by atoms with Gasteiger partial charge in [-0.05, 0) is 43.2 Å². The largest absolute Gasteiger partial charge is 0.493 e. The molecule has 2 rings (SSSR count). The minimum Gasteiger partial charge on any atom is -0.493 e. The molecule has 0 atom stereocenters. The van der Waals surface area contributed by atoms with Gasteiger partial charge in [-0.2, -0.15) is 0 Å². The van der Waals surface area contributed by atoms with Gasteiger partial charge in [-0.25, -0.2) is 4.98 Å². The summed E-state index contributed by atoms with van der Waals surface area (Å²) in [5, 5.41) is 2.86. The summed E-state index contributed by atoms with van der Waals surface area (Å²) in [6.07, 6.45) is 2.71. The van der Waals surface area contributed by atoms with Crippen LogP contribution in [0.5, 0.6) is 5.75 Å². The van der Waals surface area contributed by atoms with Crippen molar-refractivity contribution in [2.45, 2.75) is 39.7 Å². The number of aryl methyl sites for hydroxylation is 1. The van der Waals surface area contributed by atoms with E-state index in [1.165, 1.54) is 0 Å². The molecule has 0 aliphatic heterocycles. The number of hydrogen-bond acceptors (Lipinski definition) is 4. The molecule has 0 aliphatic rings. The number of nitrogens with zero attached hydrogens (tertiary/aromatic N) is 1. The van der Waals surface area contributed by atoms with Crippen LogP contribution in [0.3, 0.4) is 0 Å². The maximum absolute atomic E-state index is 12.3. The van der Waals surface area contributed by atoms with Gasteiger partial charge in [0.1, 0.15) is 11.6 Å². The van der Waals surface area contributed by atoms with Crippen LogP contribution in [0, 0.1) is 18.8 Å². The molecule has 0 saturated heterocycles. The Balaban J connectivity index is 1.86. The summed E-state index contributed by atoms with van der Waals surface area (Å²) >= 11 is 0. The number of anilines is 1. The lowest BCUT2D eigenvalue weighted by Gasteiger charge is -2.09. The van der Waals surface area contributed by atoms with E-state index in [9.17, 15) is 4.79 Å². The molecule has 136 valence electrons. The van der Waals surface area contributed by atoms with E-state index in [4.69, 9.17) is 10.5 Å². The molecule has 0 aliphatic carbocycles. The fourth-order valence-electron chi connectivity index (χ4n) is 2.31. The second kappa shape index (κ2) is 10.1. The molecule has 0 bridgehead atoms. The maximum Gasteiger partial charge on any atom is 0.255 e. The van der Waals surface area contributed by atoms with Gasteiger partial charge in [0.15, 0.2) is 0 Å². The Morgan fingerprint density at radius 2 is 2.04 bits per heavy atom. The number of nitrogens with two attached hydrogens (primary N) is 1. The number of nitrogens with one attached hydrogen (secondary N) is 1. The van der Waals surface area contributed by atoms with E-state index in [0.29, 0.717) is 25.1 Å². The number of carbonyl (C=O) groups excluding carboxylic acids is 1. The summed E-state index contributed by atoms with van der Waals surface area (Å²) in [6.45, 7) is 4.88. The van der Waals surface area contributed by atoms with Gasteiger partial charge in [0.2, 0.25) is 0 Å². The van der Waals surface area contributed by atoms with Crippen molar-refractivity contribution in [1.82, 2.24) is 10.3 Å². The van der Waals surface area contributed by atoms with E-state index in [-0.39, 0.29) is 11.7 Å². The second-order valence-electron chi connectivity index (χ2n) is 5.92. The fraction of sp³-hybridized carbons (Fsp3) is 0.333. The van der Waals surface area contributed by atoms with Crippen molar-refractivity contribution < 1.29 is 9.53 Å². The highest BCUT2D eigenvalue weighted by molar-refractivity contribution is 5.98. The number of rotatable bonds is 7. The first-order valence-corrected chi connectivity index (χ1v) is 8.79. The highest BCUT2D eigenvalue weighted by atomic mass is 16.5. The average molecular weight is 351 g/mol. The first-order chi connectivity index (χ1) is 12.6. The summed E-state index contributed by atoms with van der Waals surface area (Å²) in [5.41, 5.74) is 7.93. The van der Waals surface area contributed by atoms with Gasteiger partial charge < -0.3 is 15.8 Å². The molecule has 1 heterocycles. The van der Waals surface area contributed by atoms with Gasteiger partial charge in [0, 0.05) is 25.1 Å². The highest BCUT2D eigenvalue weighted by Gasteiger charge is 2.10. The third kappa shape index (κ3) is 6.14. The molecule has 3 N–H and O–H groups in total. The van der Waals surface area contributed by atoms with Crippen LogP contribution in [-0.2, 0) is 6.54 Å². The normalized spacial score (nSPS) is 9.92. The summed E-state index contributed by atoms with van der Waals surface area (Å²) in [4.78, 5) is 16.4. The second-order valence-corrected chi connectivity index (χ2v) is 5.92. The number of ether oxygens (including phenoxy) is 1. The minimum absolute atomic E-state index is 0.240. The molecule has 5 nitrogen and oxygen atoms in total. The Morgan fingerprint density at radius 1 is 1.23 bits per heavy atom. The number of carbonyl (C=O) groups is 1. The molecule has 0 unspecified atom stereocenters. The third-order valence-corrected chi connectivity index (χ3v) is 3.66. The van der Waals surface area contributed by atoms with E-state index >= 15 is 0 Å². The van der Waals surface area contributed by atoms with Gasteiger partial charge in [0.25, 0.3) is 5.91 Å². The van der Waals surface area contributed by atoms with Crippen LogP contribution in [-0.4, -0.2) is 17.5 Å². The summed E-state index contributed by atoms with van der Waals surface area (Å²) < 4.78 is 5.71.